The van der Waals surface area contributed by atoms with Gasteiger partial charge in [-0.3, -0.25) is 0 Å². The second kappa shape index (κ2) is 4.11. The molecule has 0 unspecified atom stereocenters. The fourth-order valence-electron chi connectivity index (χ4n) is 3.05. The first-order valence-corrected chi connectivity index (χ1v) is 7.08. The predicted molar refractivity (Wildman–Crippen MR) is 85.3 cm³/mol. The molecule has 4 rings (SSSR count). The molecule has 0 fully saturated rings. The third-order valence-corrected chi connectivity index (χ3v) is 4.02. The van der Waals surface area contributed by atoms with Gasteiger partial charge in [0.25, 0.3) is 0 Å². The molecule has 0 aliphatic rings. The summed E-state index contributed by atoms with van der Waals surface area (Å²) in [5.74, 6) is 0.475. The first-order chi connectivity index (χ1) is 9.75. The monoisotopic (exact) mass is 260 g/mol. The first-order valence-electron chi connectivity index (χ1n) is 7.08. The zero-order valence-electron chi connectivity index (χ0n) is 11.7. The van der Waals surface area contributed by atoms with E-state index in [1.807, 2.05) is 12.1 Å². The number of rotatable bonds is 1. The Morgan fingerprint density at radius 3 is 2.35 bits per heavy atom. The first kappa shape index (κ1) is 11.5. The molecule has 20 heavy (non-hydrogen) atoms. The molecule has 0 spiro atoms. The van der Waals surface area contributed by atoms with Crippen molar-refractivity contribution in [1.82, 2.24) is 0 Å². The van der Waals surface area contributed by atoms with Crippen LogP contribution in [0.5, 0.6) is 0 Å². The van der Waals surface area contributed by atoms with Crippen LogP contribution in [-0.4, -0.2) is 0 Å². The van der Waals surface area contributed by atoms with Crippen LogP contribution in [0, 0.1) is 0 Å². The zero-order valence-corrected chi connectivity index (χ0v) is 11.7. The summed E-state index contributed by atoms with van der Waals surface area (Å²) in [6.07, 6.45) is 0. The van der Waals surface area contributed by atoms with Crippen molar-refractivity contribution in [3.8, 4) is 0 Å². The van der Waals surface area contributed by atoms with Crippen molar-refractivity contribution in [2.45, 2.75) is 19.8 Å². The summed E-state index contributed by atoms with van der Waals surface area (Å²) in [5.41, 5.74) is 3.36. The van der Waals surface area contributed by atoms with Gasteiger partial charge in [-0.2, -0.15) is 0 Å². The van der Waals surface area contributed by atoms with Crippen molar-refractivity contribution in [3.05, 3.63) is 60.2 Å². The highest BCUT2D eigenvalue weighted by atomic mass is 16.3. The molecule has 0 saturated carbocycles. The van der Waals surface area contributed by atoms with Gasteiger partial charge < -0.3 is 4.42 Å². The number of fused-ring (bicyclic) bond motifs is 5. The molecule has 0 aliphatic carbocycles. The van der Waals surface area contributed by atoms with E-state index in [0.29, 0.717) is 5.92 Å². The molecular weight excluding hydrogens is 244 g/mol. The van der Waals surface area contributed by atoms with Gasteiger partial charge in [-0.15, -0.1) is 0 Å². The highest BCUT2D eigenvalue weighted by Gasteiger charge is 2.15. The lowest BCUT2D eigenvalue weighted by atomic mass is 9.93. The van der Waals surface area contributed by atoms with E-state index < -0.39 is 0 Å². The molecule has 1 aromatic heterocycles. The van der Waals surface area contributed by atoms with Crippen LogP contribution < -0.4 is 0 Å². The molecule has 0 aliphatic heterocycles. The lowest BCUT2D eigenvalue weighted by molar-refractivity contribution is 0.672. The summed E-state index contributed by atoms with van der Waals surface area (Å²) in [4.78, 5) is 0. The van der Waals surface area contributed by atoms with E-state index in [1.165, 1.54) is 27.1 Å². The Kier molecular flexibility index (Phi) is 2.37. The number of benzene rings is 3. The average molecular weight is 260 g/mol. The van der Waals surface area contributed by atoms with Gasteiger partial charge in [0.2, 0.25) is 0 Å². The van der Waals surface area contributed by atoms with E-state index in [9.17, 15) is 0 Å². The second-order valence-corrected chi connectivity index (χ2v) is 5.64. The number of furan rings is 1. The maximum Gasteiger partial charge on any atom is 0.143 e. The van der Waals surface area contributed by atoms with Crippen molar-refractivity contribution >= 4 is 32.7 Å². The maximum atomic E-state index is 6.16. The largest absolute Gasteiger partial charge is 0.455 e. The fraction of sp³-hybridized carbons (Fsp3) is 0.158. The molecule has 0 amide bonds. The van der Waals surface area contributed by atoms with Gasteiger partial charge in [-0.25, -0.2) is 0 Å². The maximum absolute atomic E-state index is 6.16. The number of hydrogen-bond donors (Lipinski definition) is 0. The Balaban J connectivity index is 2.33. The van der Waals surface area contributed by atoms with Crippen LogP contribution in [0.4, 0.5) is 0 Å². The van der Waals surface area contributed by atoms with E-state index in [0.717, 1.165) is 11.2 Å². The Morgan fingerprint density at radius 1 is 0.850 bits per heavy atom. The van der Waals surface area contributed by atoms with Gasteiger partial charge in [0, 0.05) is 16.2 Å². The molecule has 98 valence electrons. The highest BCUT2D eigenvalue weighted by molar-refractivity contribution is 6.16. The SMILES string of the molecule is CC(C)c1cc2ccccc2c2oc3ccccc3c12. The molecule has 0 radical (unpaired) electrons. The average Bonchev–Trinajstić information content (AvgIpc) is 2.86. The van der Waals surface area contributed by atoms with Crippen LogP contribution in [-0.2, 0) is 0 Å². The molecular formula is C19H16O. The summed E-state index contributed by atoms with van der Waals surface area (Å²) >= 11 is 0. The second-order valence-electron chi connectivity index (χ2n) is 5.64. The van der Waals surface area contributed by atoms with E-state index in [2.05, 4.69) is 56.3 Å². The van der Waals surface area contributed by atoms with Crippen molar-refractivity contribution in [1.29, 1.82) is 0 Å². The number of para-hydroxylation sites is 1. The highest BCUT2D eigenvalue weighted by Crippen LogP contribution is 2.39. The van der Waals surface area contributed by atoms with Crippen LogP contribution in [0.2, 0.25) is 0 Å². The van der Waals surface area contributed by atoms with Crippen molar-refractivity contribution in [2.75, 3.05) is 0 Å². The normalized spacial score (nSPS) is 11.9. The van der Waals surface area contributed by atoms with Gasteiger partial charge in [0.05, 0.1) is 0 Å². The van der Waals surface area contributed by atoms with E-state index >= 15 is 0 Å². The van der Waals surface area contributed by atoms with Gasteiger partial charge in [0.15, 0.2) is 0 Å². The number of hydrogen-bond acceptors (Lipinski definition) is 1. The summed E-state index contributed by atoms with van der Waals surface area (Å²) in [6, 6.07) is 19.1. The lowest BCUT2D eigenvalue weighted by Gasteiger charge is -2.09. The molecule has 3 aromatic carbocycles. The van der Waals surface area contributed by atoms with Crippen LogP contribution >= 0.6 is 0 Å². The summed E-state index contributed by atoms with van der Waals surface area (Å²) in [6.45, 7) is 4.48. The Morgan fingerprint density at radius 2 is 1.55 bits per heavy atom. The molecule has 0 bridgehead atoms. The third-order valence-electron chi connectivity index (χ3n) is 4.02. The van der Waals surface area contributed by atoms with E-state index in [4.69, 9.17) is 4.42 Å². The topological polar surface area (TPSA) is 13.1 Å². The summed E-state index contributed by atoms with van der Waals surface area (Å²) in [5, 5.41) is 4.94. The van der Waals surface area contributed by atoms with Gasteiger partial charge in [0.1, 0.15) is 11.2 Å². The lowest BCUT2D eigenvalue weighted by Crippen LogP contribution is -1.89. The summed E-state index contributed by atoms with van der Waals surface area (Å²) < 4.78 is 6.16. The van der Waals surface area contributed by atoms with Crippen molar-refractivity contribution in [3.63, 3.8) is 0 Å². The Bertz CT molecular complexity index is 928. The molecule has 1 heterocycles. The molecule has 0 saturated heterocycles. The van der Waals surface area contributed by atoms with E-state index in [1.54, 1.807) is 0 Å². The van der Waals surface area contributed by atoms with Crippen LogP contribution in [0.25, 0.3) is 32.7 Å². The van der Waals surface area contributed by atoms with Gasteiger partial charge in [-0.1, -0.05) is 62.4 Å². The predicted octanol–water partition coefficient (Wildman–Crippen LogP) is 5.86. The van der Waals surface area contributed by atoms with Crippen LogP contribution in [0.3, 0.4) is 0 Å². The van der Waals surface area contributed by atoms with Crippen LogP contribution in [0.1, 0.15) is 25.3 Å². The van der Waals surface area contributed by atoms with E-state index in [-0.39, 0.29) is 0 Å². The van der Waals surface area contributed by atoms with Gasteiger partial charge in [-0.05, 0) is 22.9 Å². The Labute approximate surface area is 117 Å². The fourth-order valence-corrected chi connectivity index (χ4v) is 3.05. The Hall–Kier alpha value is -2.28. The third kappa shape index (κ3) is 1.50. The van der Waals surface area contributed by atoms with Crippen LogP contribution in [0.15, 0.2) is 59.0 Å². The van der Waals surface area contributed by atoms with Gasteiger partial charge >= 0.3 is 0 Å². The standard InChI is InChI=1S/C19H16O/c1-12(2)16-11-13-7-3-4-8-14(13)19-18(16)15-9-5-6-10-17(15)20-19/h3-12H,1-2H3. The van der Waals surface area contributed by atoms with Crippen molar-refractivity contribution in [2.24, 2.45) is 0 Å². The summed E-state index contributed by atoms with van der Waals surface area (Å²) in [7, 11) is 0. The smallest absolute Gasteiger partial charge is 0.143 e. The molecule has 0 atom stereocenters. The molecule has 0 N–H and O–H groups in total. The minimum atomic E-state index is 0.475. The van der Waals surface area contributed by atoms with Crippen molar-refractivity contribution < 1.29 is 4.42 Å². The molecule has 1 nitrogen and oxygen atoms in total. The minimum absolute atomic E-state index is 0.475. The minimum Gasteiger partial charge on any atom is -0.455 e. The molecule has 4 aromatic rings. The zero-order chi connectivity index (χ0) is 13.7. The molecule has 1 heteroatoms. The quantitative estimate of drug-likeness (QED) is 0.417.